The third kappa shape index (κ3) is 2.97. The highest BCUT2D eigenvalue weighted by atomic mass is 19.4. The fourth-order valence-corrected chi connectivity index (χ4v) is 3.80. The van der Waals surface area contributed by atoms with Crippen molar-refractivity contribution in [3.05, 3.63) is 41.2 Å². The Labute approximate surface area is 170 Å². The van der Waals surface area contributed by atoms with Gasteiger partial charge in [-0.1, -0.05) is 0 Å². The Balaban J connectivity index is 1.55. The first-order valence-electron chi connectivity index (χ1n) is 9.92. The van der Waals surface area contributed by atoms with E-state index in [0.717, 1.165) is 37.6 Å². The number of alkyl halides is 3. The molecule has 1 unspecified atom stereocenters. The highest BCUT2D eigenvalue weighted by molar-refractivity contribution is 5.82. The first kappa shape index (κ1) is 19.1. The lowest BCUT2D eigenvalue weighted by Crippen LogP contribution is -2.55. The summed E-state index contributed by atoms with van der Waals surface area (Å²) in [5.41, 5.74) is 6.46. The third-order valence-electron chi connectivity index (χ3n) is 5.66. The molecule has 2 fully saturated rings. The molecule has 4 N–H and O–H groups in total. The molecule has 160 valence electrons. The molecule has 0 saturated heterocycles. The number of aliphatic imine (C=N–C) groups is 1. The topological polar surface area (TPSA) is 111 Å². The lowest BCUT2D eigenvalue weighted by molar-refractivity contribution is -0.0876. The van der Waals surface area contributed by atoms with Crippen LogP contribution in [0.1, 0.15) is 50.0 Å². The van der Waals surface area contributed by atoms with E-state index < -0.39 is 23.1 Å². The molecule has 3 aliphatic rings. The minimum atomic E-state index is -4.55. The van der Waals surface area contributed by atoms with Gasteiger partial charge >= 0.3 is 6.18 Å². The van der Waals surface area contributed by atoms with Crippen molar-refractivity contribution in [3.8, 4) is 0 Å². The zero-order valence-electron chi connectivity index (χ0n) is 16.3. The van der Waals surface area contributed by atoms with Gasteiger partial charge in [0.25, 0.3) is 0 Å². The van der Waals surface area contributed by atoms with Crippen LogP contribution < -0.4 is 16.4 Å². The zero-order chi connectivity index (χ0) is 21.1. The van der Waals surface area contributed by atoms with Gasteiger partial charge in [-0.05, 0) is 38.7 Å². The van der Waals surface area contributed by atoms with Gasteiger partial charge in [-0.3, -0.25) is 10.4 Å². The molecule has 0 bridgehead atoms. The van der Waals surface area contributed by atoms with Crippen LogP contribution in [0, 0.1) is 0 Å². The van der Waals surface area contributed by atoms with Crippen LogP contribution in [0.15, 0.2) is 34.8 Å². The first-order chi connectivity index (χ1) is 14.3. The van der Waals surface area contributed by atoms with Gasteiger partial charge in [0.1, 0.15) is 22.6 Å². The summed E-state index contributed by atoms with van der Waals surface area (Å²) >= 11 is 0. The molecule has 2 saturated carbocycles. The van der Waals surface area contributed by atoms with Crippen molar-refractivity contribution in [3.63, 3.8) is 0 Å². The van der Waals surface area contributed by atoms with E-state index >= 15 is 0 Å². The predicted octanol–water partition coefficient (Wildman–Crippen LogP) is 1.47. The summed E-state index contributed by atoms with van der Waals surface area (Å²) in [5.74, 6) is -1.77. The molecule has 0 amide bonds. The van der Waals surface area contributed by atoms with Crippen molar-refractivity contribution < 1.29 is 13.2 Å². The van der Waals surface area contributed by atoms with E-state index in [2.05, 4.69) is 25.8 Å². The Morgan fingerprint density at radius 2 is 1.97 bits per heavy atom. The van der Waals surface area contributed by atoms with Crippen LogP contribution in [0.25, 0.3) is 0 Å². The van der Waals surface area contributed by atoms with Crippen LogP contribution in [0.3, 0.4) is 0 Å². The van der Waals surface area contributed by atoms with Crippen LogP contribution in [0.2, 0.25) is 0 Å². The maximum Gasteiger partial charge on any atom is 0.421 e. The molecule has 1 atom stereocenters. The Morgan fingerprint density at radius 1 is 1.27 bits per heavy atom. The standard InChI is InChI=1S/C18H22F3N9/c1-2-23-15-12(17(19,20)21)10-24-18(22,27-15)14-9-13(28-29(14)11-3-4-11)16(5-6-16)30-25-7-8-26-30/h7-11,23,27H,2-6,22H2,1H3. The second-order valence-electron chi connectivity index (χ2n) is 7.91. The highest BCUT2D eigenvalue weighted by Gasteiger charge is 2.52. The number of rotatable bonds is 6. The van der Waals surface area contributed by atoms with E-state index in [4.69, 9.17) is 10.8 Å². The smallest absolute Gasteiger partial charge is 0.372 e. The number of halogens is 3. The largest absolute Gasteiger partial charge is 0.421 e. The predicted molar refractivity (Wildman–Crippen MR) is 101 cm³/mol. The normalized spacial score (nSPS) is 25.4. The van der Waals surface area contributed by atoms with Gasteiger partial charge in [-0.15, -0.1) is 0 Å². The maximum atomic E-state index is 13.4. The Bertz CT molecular complexity index is 1010. The molecule has 1 aliphatic heterocycles. The minimum Gasteiger partial charge on any atom is -0.372 e. The molecule has 12 heteroatoms. The Kier molecular flexibility index (Phi) is 4.01. The lowest BCUT2D eigenvalue weighted by atomic mass is 10.1. The van der Waals surface area contributed by atoms with Gasteiger partial charge in [-0.25, -0.2) is 4.99 Å². The number of nitrogens with two attached hydrogens (primary N) is 1. The molecule has 2 aliphatic carbocycles. The quantitative estimate of drug-likeness (QED) is 0.652. The van der Waals surface area contributed by atoms with Crippen molar-refractivity contribution in [2.45, 2.75) is 56.2 Å². The van der Waals surface area contributed by atoms with Gasteiger partial charge in [0.05, 0.1) is 24.1 Å². The second-order valence-corrected chi connectivity index (χ2v) is 7.91. The van der Waals surface area contributed by atoms with Crippen LogP contribution >= 0.6 is 0 Å². The van der Waals surface area contributed by atoms with Crippen molar-refractivity contribution in [2.24, 2.45) is 10.7 Å². The van der Waals surface area contributed by atoms with Crippen LogP contribution in [-0.2, 0) is 11.3 Å². The van der Waals surface area contributed by atoms with E-state index in [1.54, 1.807) is 28.8 Å². The first-order valence-corrected chi connectivity index (χ1v) is 9.92. The highest BCUT2D eigenvalue weighted by Crippen LogP contribution is 2.49. The van der Waals surface area contributed by atoms with Gasteiger partial charge in [0, 0.05) is 12.8 Å². The Hall–Kier alpha value is -2.89. The summed E-state index contributed by atoms with van der Waals surface area (Å²) in [6, 6.07) is 1.98. The summed E-state index contributed by atoms with van der Waals surface area (Å²) in [6.07, 6.45) is 3.00. The fourth-order valence-electron chi connectivity index (χ4n) is 3.80. The van der Waals surface area contributed by atoms with E-state index in [1.165, 1.54) is 0 Å². The molecule has 2 aromatic heterocycles. The monoisotopic (exact) mass is 421 g/mol. The number of hydrogen-bond donors (Lipinski definition) is 3. The zero-order valence-corrected chi connectivity index (χ0v) is 16.3. The van der Waals surface area contributed by atoms with Crippen LogP contribution in [0.4, 0.5) is 13.2 Å². The Morgan fingerprint density at radius 3 is 2.53 bits per heavy atom. The van der Waals surface area contributed by atoms with Crippen LogP contribution in [-0.4, -0.2) is 43.7 Å². The SMILES string of the molecule is CCNC1=C(C(F)(F)F)C=NC(N)(c2cc(C3(n4nccn4)CC3)nn2C2CC2)N1. The molecule has 5 rings (SSSR count). The summed E-state index contributed by atoms with van der Waals surface area (Å²) in [5, 5.41) is 18.8. The summed E-state index contributed by atoms with van der Waals surface area (Å²) in [4.78, 5) is 5.73. The summed E-state index contributed by atoms with van der Waals surface area (Å²) < 4.78 is 42.0. The van der Waals surface area contributed by atoms with E-state index in [1.807, 2.05) is 6.07 Å². The van der Waals surface area contributed by atoms with Gasteiger partial charge in [0.2, 0.25) is 5.79 Å². The molecule has 0 spiro atoms. The number of allylic oxidation sites excluding steroid dienone is 1. The fraction of sp³-hybridized carbons (Fsp3) is 0.556. The molecule has 30 heavy (non-hydrogen) atoms. The van der Waals surface area contributed by atoms with Crippen LogP contribution in [0.5, 0.6) is 0 Å². The van der Waals surface area contributed by atoms with Crippen molar-refractivity contribution in [1.29, 1.82) is 0 Å². The van der Waals surface area contributed by atoms with Crippen molar-refractivity contribution >= 4 is 6.21 Å². The van der Waals surface area contributed by atoms with E-state index in [-0.39, 0.29) is 11.9 Å². The van der Waals surface area contributed by atoms with Crippen molar-refractivity contribution in [2.75, 3.05) is 6.54 Å². The maximum absolute atomic E-state index is 13.4. The summed E-state index contributed by atoms with van der Waals surface area (Å²) in [7, 11) is 0. The molecular formula is C18H22F3N9. The molecular weight excluding hydrogens is 399 g/mol. The average Bonchev–Trinajstić information content (AvgIpc) is 3.59. The van der Waals surface area contributed by atoms with Gasteiger partial charge < -0.3 is 10.6 Å². The van der Waals surface area contributed by atoms with Gasteiger partial charge in [0.15, 0.2) is 0 Å². The molecule has 3 heterocycles. The second kappa shape index (κ2) is 6.30. The number of nitrogens with one attached hydrogen (secondary N) is 2. The minimum absolute atomic E-state index is 0.156. The van der Waals surface area contributed by atoms with Gasteiger partial charge in [-0.2, -0.15) is 33.3 Å². The summed E-state index contributed by atoms with van der Waals surface area (Å²) in [6.45, 7) is 2.01. The molecule has 2 aromatic rings. The van der Waals surface area contributed by atoms with E-state index in [9.17, 15) is 13.2 Å². The third-order valence-corrected chi connectivity index (χ3v) is 5.66. The molecule has 9 nitrogen and oxygen atoms in total. The van der Waals surface area contributed by atoms with E-state index in [0.29, 0.717) is 12.2 Å². The average molecular weight is 421 g/mol. The number of nitrogens with zero attached hydrogens (tertiary/aromatic N) is 6. The van der Waals surface area contributed by atoms with Crippen molar-refractivity contribution in [1.82, 2.24) is 35.4 Å². The lowest BCUT2D eigenvalue weighted by Gasteiger charge is -2.34. The number of hydrogen-bond acceptors (Lipinski definition) is 7. The molecule has 0 aromatic carbocycles. The number of aromatic nitrogens is 5. The molecule has 0 radical (unpaired) electrons.